The van der Waals surface area contributed by atoms with Gasteiger partial charge in [0.2, 0.25) is 0 Å². The Hall–Kier alpha value is -1.50. The van der Waals surface area contributed by atoms with Gasteiger partial charge in [0.1, 0.15) is 0 Å². The predicted octanol–water partition coefficient (Wildman–Crippen LogP) is 1.14. The van der Waals surface area contributed by atoms with Gasteiger partial charge in [-0.2, -0.15) is 0 Å². The molecule has 6 nitrogen and oxygen atoms in total. The molecule has 1 spiro atoms. The lowest BCUT2D eigenvalue weighted by Crippen LogP contribution is -2.46. The molecule has 3 rings (SSSR count). The lowest BCUT2D eigenvalue weighted by molar-refractivity contribution is 0.0468. The van der Waals surface area contributed by atoms with Crippen molar-refractivity contribution in [1.29, 1.82) is 0 Å². The quantitative estimate of drug-likeness (QED) is 0.827. The number of methoxy groups -OCH3 is 1. The van der Waals surface area contributed by atoms with E-state index in [1.54, 1.807) is 19.5 Å². The summed E-state index contributed by atoms with van der Waals surface area (Å²) in [7, 11) is 1.73. The fourth-order valence-electron chi connectivity index (χ4n) is 3.83. The average molecular weight is 333 g/mol. The van der Waals surface area contributed by atoms with E-state index < -0.39 is 0 Å². The summed E-state index contributed by atoms with van der Waals surface area (Å²) in [5.74, 6) is 0.534. The average Bonchev–Trinajstić information content (AvgIpc) is 2.77. The van der Waals surface area contributed by atoms with Gasteiger partial charge in [-0.1, -0.05) is 6.92 Å². The lowest BCUT2D eigenvalue weighted by atomic mass is 9.79. The molecule has 6 heteroatoms. The molecule has 2 saturated heterocycles. The summed E-state index contributed by atoms with van der Waals surface area (Å²) in [6.07, 6.45) is 3.33. The molecule has 2 fully saturated rings. The van der Waals surface area contributed by atoms with Gasteiger partial charge in [-0.3, -0.25) is 9.78 Å². The smallest absolute Gasteiger partial charge is 0.255 e. The van der Waals surface area contributed by atoms with E-state index in [1.165, 1.54) is 0 Å². The van der Waals surface area contributed by atoms with Crippen molar-refractivity contribution >= 4 is 5.91 Å². The summed E-state index contributed by atoms with van der Waals surface area (Å²) >= 11 is 0. The summed E-state index contributed by atoms with van der Waals surface area (Å²) in [6.45, 7) is 8.62. The Kier molecular flexibility index (Phi) is 5.48. The molecular formula is C18H27N3O3. The Labute approximate surface area is 143 Å². The van der Waals surface area contributed by atoms with Crippen LogP contribution in [0.3, 0.4) is 0 Å². The topological polar surface area (TPSA) is 54.9 Å². The molecule has 0 unspecified atom stereocenters. The summed E-state index contributed by atoms with van der Waals surface area (Å²) in [4.78, 5) is 21.3. The summed E-state index contributed by atoms with van der Waals surface area (Å²) < 4.78 is 11.1. The van der Waals surface area contributed by atoms with Gasteiger partial charge in [0.25, 0.3) is 5.91 Å². The fourth-order valence-corrected chi connectivity index (χ4v) is 3.83. The highest BCUT2D eigenvalue weighted by Crippen LogP contribution is 2.38. The van der Waals surface area contributed by atoms with Crippen molar-refractivity contribution in [2.24, 2.45) is 11.3 Å². The Morgan fingerprint density at radius 1 is 1.50 bits per heavy atom. The van der Waals surface area contributed by atoms with E-state index in [2.05, 4.69) is 16.8 Å². The van der Waals surface area contributed by atoms with E-state index in [4.69, 9.17) is 9.47 Å². The minimum absolute atomic E-state index is 0.00209. The van der Waals surface area contributed by atoms with Crippen molar-refractivity contribution in [3.05, 3.63) is 30.1 Å². The van der Waals surface area contributed by atoms with Gasteiger partial charge in [-0.15, -0.1) is 0 Å². The largest absolute Gasteiger partial charge is 0.383 e. The van der Waals surface area contributed by atoms with Crippen LogP contribution in [0.5, 0.6) is 0 Å². The maximum absolute atomic E-state index is 12.8. The Bertz CT molecular complexity index is 554. The number of likely N-dealkylation sites (tertiary alicyclic amines) is 1. The Balaban J connectivity index is 1.74. The molecule has 1 amide bonds. The number of hydrogen-bond acceptors (Lipinski definition) is 5. The monoisotopic (exact) mass is 333 g/mol. The lowest BCUT2D eigenvalue weighted by Gasteiger charge is -2.35. The Morgan fingerprint density at radius 3 is 3.12 bits per heavy atom. The Morgan fingerprint density at radius 2 is 2.38 bits per heavy atom. The van der Waals surface area contributed by atoms with Crippen LogP contribution in [-0.4, -0.2) is 80.3 Å². The molecule has 0 bridgehead atoms. The first-order chi connectivity index (χ1) is 11.6. The first kappa shape index (κ1) is 17.3. The minimum atomic E-state index is 0.00209. The highest BCUT2D eigenvalue weighted by atomic mass is 16.5. The normalized spacial score (nSPS) is 28.2. The number of aromatic nitrogens is 1. The molecule has 0 aromatic carbocycles. The van der Waals surface area contributed by atoms with Crippen LogP contribution in [0, 0.1) is 11.3 Å². The molecule has 1 aromatic heterocycles. The third-order valence-corrected chi connectivity index (χ3v) is 5.32. The van der Waals surface area contributed by atoms with Gasteiger partial charge in [0.15, 0.2) is 0 Å². The molecule has 3 heterocycles. The molecule has 2 aliphatic rings. The molecule has 2 aliphatic heterocycles. The summed E-state index contributed by atoms with van der Waals surface area (Å²) in [6, 6.07) is 3.64. The first-order valence-electron chi connectivity index (χ1n) is 8.63. The number of hydrogen-bond donors (Lipinski definition) is 0. The zero-order chi connectivity index (χ0) is 17.0. The number of carbonyl (C=O) groups excluding carboxylic acids is 1. The maximum atomic E-state index is 12.8. The van der Waals surface area contributed by atoms with Crippen LogP contribution in [0.1, 0.15) is 17.3 Å². The highest BCUT2D eigenvalue weighted by molar-refractivity contribution is 5.93. The molecule has 0 saturated carbocycles. The number of nitrogens with zero attached hydrogens (tertiary/aromatic N) is 3. The van der Waals surface area contributed by atoms with Crippen LogP contribution < -0.4 is 0 Å². The van der Waals surface area contributed by atoms with Crippen molar-refractivity contribution < 1.29 is 14.3 Å². The number of pyridine rings is 1. The van der Waals surface area contributed by atoms with E-state index in [9.17, 15) is 4.79 Å². The van der Waals surface area contributed by atoms with Crippen molar-refractivity contribution in [1.82, 2.24) is 14.8 Å². The molecule has 132 valence electrons. The van der Waals surface area contributed by atoms with Crippen LogP contribution in [0.25, 0.3) is 0 Å². The fraction of sp³-hybridized carbons (Fsp3) is 0.667. The zero-order valence-electron chi connectivity index (χ0n) is 14.6. The van der Waals surface area contributed by atoms with Gasteiger partial charge in [0.05, 0.1) is 25.4 Å². The molecule has 0 N–H and O–H groups in total. The van der Waals surface area contributed by atoms with Gasteiger partial charge >= 0.3 is 0 Å². The van der Waals surface area contributed by atoms with E-state index in [0.29, 0.717) is 31.2 Å². The maximum Gasteiger partial charge on any atom is 0.255 e. The molecule has 2 atom stereocenters. The second kappa shape index (κ2) is 7.59. The van der Waals surface area contributed by atoms with E-state index >= 15 is 0 Å². The first-order valence-corrected chi connectivity index (χ1v) is 8.63. The van der Waals surface area contributed by atoms with Crippen LogP contribution in [0.15, 0.2) is 24.5 Å². The van der Waals surface area contributed by atoms with Gasteiger partial charge in [-0.25, -0.2) is 0 Å². The summed E-state index contributed by atoms with van der Waals surface area (Å²) in [5, 5.41) is 0. The zero-order valence-corrected chi connectivity index (χ0v) is 14.6. The molecule has 0 aliphatic carbocycles. The van der Waals surface area contributed by atoms with E-state index in [1.807, 2.05) is 17.0 Å². The van der Waals surface area contributed by atoms with Gasteiger partial charge in [-0.05, 0) is 18.1 Å². The summed E-state index contributed by atoms with van der Waals surface area (Å²) in [5.41, 5.74) is 0.652. The van der Waals surface area contributed by atoms with Gasteiger partial charge in [0, 0.05) is 57.6 Å². The van der Waals surface area contributed by atoms with Crippen molar-refractivity contribution in [2.75, 3.05) is 59.7 Å². The molecule has 1 aromatic rings. The van der Waals surface area contributed by atoms with Crippen LogP contribution in [0.2, 0.25) is 0 Å². The number of amides is 1. The van der Waals surface area contributed by atoms with E-state index in [-0.39, 0.29) is 11.3 Å². The van der Waals surface area contributed by atoms with Gasteiger partial charge < -0.3 is 19.3 Å². The standard InChI is InChI=1S/C18H27N3O3/c1-15-11-20(6-8-23-2)12-18(15)13-21(7-9-24-14-18)17(22)16-4-3-5-19-10-16/h3-5,10,15H,6-9,11-14H2,1-2H3/t15-,18+/m1/s1. The molecule has 0 radical (unpaired) electrons. The van der Waals surface area contributed by atoms with E-state index in [0.717, 1.165) is 32.8 Å². The number of rotatable bonds is 4. The minimum Gasteiger partial charge on any atom is -0.383 e. The van der Waals surface area contributed by atoms with Crippen molar-refractivity contribution in [2.45, 2.75) is 6.92 Å². The van der Waals surface area contributed by atoms with Crippen molar-refractivity contribution in [3.8, 4) is 0 Å². The SMILES string of the molecule is COCCN1C[C@@H](C)[C@@]2(COCCN(C(=O)c3cccnc3)C2)C1. The number of carbonyl (C=O) groups is 1. The second-order valence-electron chi connectivity index (χ2n) is 7.01. The van der Waals surface area contributed by atoms with Crippen LogP contribution in [0.4, 0.5) is 0 Å². The van der Waals surface area contributed by atoms with Crippen LogP contribution in [-0.2, 0) is 9.47 Å². The third-order valence-electron chi connectivity index (χ3n) is 5.32. The molecular weight excluding hydrogens is 306 g/mol. The van der Waals surface area contributed by atoms with Crippen LogP contribution >= 0.6 is 0 Å². The molecule has 24 heavy (non-hydrogen) atoms. The van der Waals surface area contributed by atoms with Crippen molar-refractivity contribution in [3.63, 3.8) is 0 Å². The predicted molar refractivity (Wildman–Crippen MR) is 90.9 cm³/mol. The number of ether oxygens (including phenoxy) is 2. The highest BCUT2D eigenvalue weighted by Gasteiger charge is 2.47. The third kappa shape index (κ3) is 3.61. The second-order valence-corrected chi connectivity index (χ2v) is 7.01.